The number of rotatable bonds is 5. The summed E-state index contributed by atoms with van der Waals surface area (Å²) < 4.78 is 48.9. The number of anilines is 2. The Morgan fingerprint density at radius 3 is 2.24 bits per heavy atom. The van der Waals surface area contributed by atoms with Crippen molar-refractivity contribution in [1.29, 1.82) is 0 Å². The van der Waals surface area contributed by atoms with Gasteiger partial charge < -0.3 is 9.87 Å². The number of benzene rings is 3. The second kappa shape index (κ2) is 10.6. The first-order valence-corrected chi connectivity index (χ1v) is 11.9. The maximum absolute atomic E-state index is 13.4. The van der Waals surface area contributed by atoms with Crippen molar-refractivity contribution in [3.63, 3.8) is 0 Å². The molecule has 0 amide bonds. The summed E-state index contributed by atoms with van der Waals surface area (Å²) >= 11 is 5.97. The fourth-order valence-corrected chi connectivity index (χ4v) is 3.67. The summed E-state index contributed by atoms with van der Waals surface area (Å²) in [4.78, 5) is -0.257. The highest BCUT2D eigenvalue weighted by Crippen LogP contribution is 2.25. The van der Waals surface area contributed by atoms with Crippen molar-refractivity contribution in [3.8, 4) is 0 Å². The molecule has 0 atom stereocenters. The second-order valence-corrected chi connectivity index (χ2v) is 9.08. The summed E-state index contributed by atoms with van der Waals surface area (Å²) in [5, 5.41) is 7.81. The van der Waals surface area contributed by atoms with E-state index >= 15 is 0 Å². The molecule has 3 N–H and O–H groups in total. The van der Waals surface area contributed by atoms with E-state index in [1.807, 2.05) is 19.9 Å². The summed E-state index contributed by atoms with van der Waals surface area (Å²) in [5.74, 6) is 7.01. The number of nitrogen functional groups attached to an aromatic ring is 1. The minimum absolute atomic E-state index is 0.223. The van der Waals surface area contributed by atoms with Crippen LogP contribution in [0, 0.1) is 19.7 Å². The molecule has 0 aliphatic heterocycles. The van der Waals surface area contributed by atoms with Gasteiger partial charge in [-0.05, 0) is 42.5 Å². The first-order valence-electron chi connectivity index (χ1n) is 10.1. The number of hydrogen-bond acceptors (Lipinski definition) is 6. The molecule has 0 aliphatic carbocycles. The Morgan fingerprint density at radius 1 is 1.06 bits per heavy atom. The van der Waals surface area contributed by atoms with Crippen LogP contribution in [0.5, 0.6) is 0 Å². The minimum atomic E-state index is -4.40. The zero-order chi connectivity index (χ0) is 24.9. The van der Waals surface area contributed by atoms with Crippen LogP contribution in [-0.2, 0) is 16.7 Å². The third kappa shape index (κ3) is 6.31. The lowest BCUT2D eigenvalue weighted by molar-refractivity contribution is -0.652. The summed E-state index contributed by atoms with van der Waals surface area (Å²) in [5.41, 5.74) is 1.96. The van der Waals surface area contributed by atoms with Gasteiger partial charge in [0.25, 0.3) is 11.6 Å². The highest BCUT2D eigenvalue weighted by atomic mass is 35.5. The maximum Gasteiger partial charge on any atom is 0.295 e. The molecule has 0 spiro atoms. The Hall–Kier alpha value is -3.47. The van der Waals surface area contributed by atoms with Crippen molar-refractivity contribution in [3.05, 3.63) is 101 Å². The van der Waals surface area contributed by atoms with Crippen LogP contribution >= 0.6 is 11.6 Å². The van der Waals surface area contributed by atoms with E-state index in [-0.39, 0.29) is 10.7 Å². The van der Waals surface area contributed by atoms with E-state index in [0.29, 0.717) is 34.3 Å². The van der Waals surface area contributed by atoms with Gasteiger partial charge in [0.05, 0.1) is 15.6 Å². The van der Waals surface area contributed by atoms with E-state index in [9.17, 15) is 17.4 Å². The zero-order valence-corrected chi connectivity index (χ0v) is 20.0. The molecule has 4 rings (SSSR count). The molecule has 8 nitrogen and oxygen atoms in total. The predicted octanol–water partition coefficient (Wildman–Crippen LogP) is 3.68. The van der Waals surface area contributed by atoms with E-state index in [0.717, 1.165) is 5.82 Å². The first-order chi connectivity index (χ1) is 16.1. The average molecular weight is 504 g/mol. The van der Waals surface area contributed by atoms with Crippen molar-refractivity contribution in [2.75, 3.05) is 11.2 Å². The van der Waals surface area contributed by atoms with Gasteiger partial charge in [-0.3, -0.25) is 5.84 Å². The standard InChI is InChI=1S/C12H10ClNO3S.C11H14FN4/c13-11-3-1-2-4-12(11)14-9-5-7-10(8-6-9)18(15,16)17;1-8-14-15(9(2)16(8)13)7-10-5-3-4-6-11(10)12/h1-8,14H,(H,15,16,17);3-6H,7,13H2,1-2H3/q;+1/p-1. The molecule has 3 aromatic carbocycles. The molecule has 34 heavy (non-hydrogen) atoms. The molecule has 11 heteroatoms. The number of nitrogens with one attached hydrogen (secondary N) is 1. The van der Waals surface area contributed by atoms with E-state index in [1.165, 1.54) is 35.0 Å². The predicted molar refractivity (Wildman–Crippen MR) is 127 cm³/mol. The Balaban J connectivity index is 0.000000192. The number of nitrogens with zero attached hydrogens (tertiary/aromatic N) is 3. The van der Waals surface area contributed by atoms with E-state index in [4.69, 9.17) is 17.4 Å². The van der Waals surface area contributed by atoms with Gasteiger partial charge in [-0.1, -0.05) is 41.9 Å². The quantitative estimate of drug-likeness (QED) is 0.244. The van der Waals surface area contributed by atoms with Crippen molar-refractivity contribution < 1.29 is 22.0 Å². The van der Waals surface area contributed by atoms with Crippen LogP contribution < -0.4 is 15.8 Å². The van der Waals surface area contributed by atoms with Crippen LogP contribution in [0.25, 0.3) is 0 Å². The Bertz CT molecular complexity index is 1390. The van der Waals surface area contributed by atoms with Crippen LogP contribution in [0.4, 0.5) is 15.8 Å². The topological polar surface area (TPSA) is 117 Å². The molecule has 0 aliphatic rings. The van der Waals surface area contributed by atoms with E-state index in [2.05, 4.69) is 10.4 Å². The number of halogens is 2. The zero-order valence-electron chi connectivity index (χ0n) is 18.4. The van der Waals surface area contributed by atoms with Gasteiger partial charge in [-0.15, -0.1) is 9.36 Å². The Kier molecular flexibility index (Phi) is 7.87. The molecule has 0 saturated carbocycles. The van der Waals surface area contributed by atoms with Crippen LogP contribution in [-0.4, -0.2) is 22.8 Å². The average Bonchev–Trinajstić information content (AvgIpc) is 3.04. The summed E-state index contributed by atoms with van der Waals surface area (Å²) in [7, 11) is -4.40. The third-order valence-electron chi connectivity index (χ3n) is 4.91. The molecule has 0 unspecified atom stereocenters. The minimum Gasteiger partial charge on any atom is -0.744 e. The van der Waals surface area contributed by atoms with Gasteiger partial charge in [0.1, 0.15) is 22.5 Å². The summed E-state index contributed by atoms with van der Waals surface area (Å²) in [6.07, 6.45) is 0. The second-order valence-electron chi connectivity index (χ2n) is 7.30. The lowest BCUT2D eigenvalue weighted by Gasteiger charge is -2.10. The van der Waals surface area contributed by atoms with Gasteiger partial charge in [0.2, 0.25) is 0 Å². The van der Waals surface area contributed by atoms with Gasteiger partial charge >= 0.3 is 0 Å². The van der Waals surface area contributed by atoms with Gasteiger partial charge in [0, 0.05) is 30.2 Å². The lowest BCUT2D eigenvalue weighted by atomic mass is 10.2. The largest absolute Gasteiger partial charge is 0.744 e. The molecule has 4 aromatic rings. The lowest BCUT2D eigenvalue weighted by Crippen LogP contribution is -2.48. The third-order valence-corrected chi connectivity index (χ3v) is 6.09. The van der Waals surface area contributed by atoms with E-state index in [1.54, 1.807) is 41.1 Å². The number of para-hydroxylation sites is 1. The summed E-state index contributed by atoms with van der Waals surface area (Å²) in [6.45, 7) is 4.05. The normalized spacial score (nSPS) is 11.0. The van der Waals surface area contributed by atoms with Crippen molar-refractivity contribution in [1.82, 2.24) is 9.78 Å². The molecular weight excluding hydrogens is 481 g/mol. The number of nitrogens with two attached hydrogens (primary N) is 1. The molecule has 0 bridgehead atoms. The molecule has 0 saturated heterocycles. The van der Waals surface area contributed by atoms with Gasteiger partial charge in [-0.2, -0.15) is 0 Å². The molecular formula is C23H23ClFN5O3S. The molecule has 0 fully saturated rings. The van der Waals surface area contributed by atoms with Crippen LogP contribution in [0.2, 0.25) is 5.02 Å². The Labute approximate surface area is 202 Å². The number of hydrogen-bond donors (Lipinski definition) is 2. The smallest absolute Gasteiger partial charge is 0.295 e. The van der Waals surface area contributed by atoms with Gasteiger partial charge in [0.15, 0.2) is 0 Å². The number of aryl methyl sites for hydroxylation is 1. The molecule has 1 aromatic heterocycles. The molecule has 178 valence electrons. The highest BCUT2D eigenvalue weighted by Gasteiger charge is 2.18. The van der Waals surface area contributed by atoms with E-state index < -0.39 is 10.1 Å². The van der Waals surface area contributed by atoms with Crippen LogP contribution in [0.15, 0.2) is 77.7 Å². The maximum atomic E-state index is 13.4. The first kappa shape index (κ1) is 25.2. The van der Waals surface area contributed by atoms with Gasteiger partial charge in [-0.25, -0.2) is 12.8 Å². The highest BCUT2D eigenvalue weighted by molar-refractivity contribution is 7.85. The fraction of sp³-hybridized carbons (Fsp3) is 0.130. The van der Waals surface area contributed by atoms with Crippen molar-refractivity contribution >= 4 is 33.1 Å². The molecule has 0 radical (unpaired) electrons. The SMILES string of the molecule is Cc1nn(Cc2ccccc2F)c(C)[n+]1N.O=S(=O)([O-])c1ccc(Nc2ccccc2Cl)cc1. The van der Waals surface area contributed by atoms with Crippen LogP contribution in [0.3, 0.4) is 0 Å². The monoisotopic (exact) mass is 503 g/mol. The Morgan fingerprint density at radius 2 is 1.68 bits per heavy atom. The van der Waals surface area contributed by atoms with Crippen molar-refractivity contribution in [2.24, 2.45) is 0 Å². The summed E-state index contributed by atoms with van der Waals surface area (Å²) in [6, 6.07) is 19.3. The van der Waals surface area contributed by atoms with Crippen LogP contribution in [0.1, 0.15) is 17.2 Å². The number of aromatic nitrogens is 3. The fourth-order valence-electron chi connectivity index (χ4n) is 3.01. The van der Waals surface area contributed by atoms with Crippen molar-refractivity contribution in [2.45, 2.75) is 25.3 Å². The molecule has 1 heterocycles.